The van der Waals surface area contributed by atoms with Gasteiger partial charge in [0.2, 0.25) is 0 Å². The van der Waals surface area contributed by atoms with Crippen molar-refractivity contribution in [2.45, 2.75) is 26.3 Å². The molecule has 2 rings (SSSR count). The van der Waals surface area contributed by atoms with Crippen LogP contribution in [0.25, 0.3) is 0 Å². The van der Waals surface area contributed by atoms with E-state index in [4.69, 9.17) is 25.8 Å². The number of carbonyl (C=O) groups is 2. The zero-order valence-electron chi connectivity index (χ0n) is 18.6. The normalized spacial score (nSPS) is 11.8. The maximum absolute atomic E-state index is 12.6. The van der Waals surface area contributed by atoms with Crippen molar-refractivity contribution in [2.24, 2.45) is 11.0 Å². The third kappa shape index (κ3) is 8.11. The van der Waals surface area contributed by atoms with Gasteiger partial charge in [-0.05, 0) is 48.7 Å². The van der Waals surface area contributed by atoms with E-state index in [-0.39, 0.29) is 12.5 Å². The summed E-state index contributed by atoms with van der Waals surface area (Å²) in [4.78, 5) is 24.9. The van der Waals surface area contributed by atoms with E-state index in [9.17, 15) is 9.59 Å². The van der Waals surface area contributed by atoms with Crippen LogP contribution in [0.2, 0.25) is 5.02 Å². The Morgan fingerprint density at radius 3 is 2.38 bits per heavy atom. The first-order chi connectivity index (χ1) is 15.3. The largest absolute Gasteiger partial charge is 0.497 e. The first-order valence-corrected chi connectivity index (χ1v) is 10.4. The minimum Gasteiger partial charge on any atom is -0.497 e. The molecule has 2 N–H and O–H groups in total. The van der Waals surface area contributed by atoms with Crippen LogP contribution in [0.3, 0.4) is 0 Å². The number of hydrogen-bond acceptors (Lipinski definition) is 6. The van der Waals surface area contributed by atoms with Crippen LogP contribution < -0.4 is 25.0 Å². The van der Waals surface area contributed by atoms with E-state index in [1.54, 1.807) is 49.6 Å². The Morgan fingerprint density at radius 1 is 1.06 bits per heavy atom. The minimum atomic E-state index is -0.758. The van der Waals surface area contributed by atoms with Crippen LogP contribution in [0.5, 0.6) is 17.2 Å². The topological polar surface area (TPSA) is 98.2 Å². The molecule has 32 heavy (non-hydrogen) atoms. The van der Waals surface area contributed by atoms with Gasteiger partial charge in [-0.2, -0.15) is 5.10 Å². The molecule has 2 aromatic rings. The van der Waals surface area contributed by atoms with Crippen LogP contribution >= 0.6 is 11.6 Å². The van der Waals surface area contributed by atoms with Crippen LogP contribution in [0.15, 0.2) is 47.6 Å². The molecule has 0 aliphatic heterocycles. The molecule has 2 aromatic carbocycles. The highest BCUT2D eigenvalue weighted by molar-refractivity contribution is 6.30. The minimum absolute atomic E-state index is 0.175. The molecule has 0 saturated heterocycles. The van der Waals surface area contributed by atoms with E-state index in [0.717, 1.165) is 0 Å². The van der Waals surface area contributed by atoms with E-state index in [2.05, 4.69) is 15.8 Å². The predicted octanol–water partition coefficient (Wildman–Crippen LogP) is 3.42. The molecule has 0 saturated carbocycles. The Kier molecular flexibility index (Phi) is 9.81. The maximum Gasteiger partial charge on any atom is 0.262 e. The number of carbonyl (C=O) groups excluding carboxylic acids is 2. The van der Waals surface area contributed by atoms with E-state index in [1.807, 2.05) is 13.8 Å². The molecule has 0 aliphatic rings. The fourth-order valence-electron chi connectivity index (χ4n) is 2.79. The van der Waals surface area contributed by atoms with E-state index < -0.39 is 17.9 Å². The number of nitrogens with zero attached hydrogens (tertiary/aromatic N) is 1. The van der Waals surface area contributed by atoms with Crippen LogP contribution in [-0.2, 0) is 9.59 Å². The summed E-state index contributed by atoms with van der Waals surface area (Å²) in [5.41, 5.74) is 3.14. The molecule has 1 atom stereocenters. The number of methoxy groups -OCH3 is 2. The quantitative estimate of drug-likeness (QED) is 0.394. The highest BCUT2D eigenvalue weighted by atomic mass is 35.5. The first kappa shape index (κ1) is 25.0. The van der Waals surface area contributed by atoms with Crippen LogP contribution in [0, 0.1) is 5.92 Å². The molecular weight excluding hydrogens is 434 g/mol. The number of ether oxygens (including phenoxy) is 3. The van der Waals surface area contributed by atoms with Gasteiger partial charge in [0.15, 0.2) is 6.61 Å². The van der Waals surface area contributed by atoms with Gasteiger partial charge < -0.3 is 19.5 Å². The Hall–Kier alpha value is -3.26. The smallest absolute Gasteiger partial charge is 0.262 e. The zero-order chi connectivity index (χ0) is 23.5. The molecule has 0 unspecified atom stereocenters. The number of benzene rings is 2. The third-order valence-electron chi connectivity index (χ3n) is 4.36. The number of hydrogen-bond donors (Lipinski definition) is 2. The average molecular weight is 462 g/mol. The number of rotatable bonds is 11. The standard InChI is InChI=1S/C23H28ClN3O5/c1-15(2)11-20(26-22(28)14-32-18-9-6-17(24)7-10-18)23(29)27-25-13-16-5-8-19(30-3)12-21(16)31-4/h5-10,12-13,15,20H,11,14H2,1-4H3,(H,26,28)(H,27,29)/b25-13-/t20-/m0/s1. The second-order valence-electron chi connectivity index (χ2n) is 7.33. The molecule has 0 bridgehead atoms. The predicted molar refractivity (Wildman–Crippen MR) is 124 cm³/mol. The fourth-order valence-corrected chi connectivity index (χ4v) is 2.91. The van der Waals surface area contributed by atoms with Gasteiger partial charge in [-0.3, -0.25) is 9.59 Å². The van der Waals surface area contributed by atoms with Crippen LogP contribution in [0.4, 0.5) is 0 Å². The molecule has 8 nitrogen and oxygen atoms in total. The molecule has 0 aliphatic carbocycles. The monoisotopic (exact) mass is 461 g/mol. The number of amides is 2. The molecule has 0 radical (unpaired) electrons. The molecule has 0 spiro atoms. The Balaban J connectivity index is 1.96. The summed E-state index contributed by atoms with van der Waals surface area (Å²) in [7, 11) is 3.09. The molecule has 0 heterocycles. The molecular formula is C23H28ClN3O5. The summed E-state index contributed by atoms with van der Waals surface area (Å²) in [6.07, 6.45) is 1.91. The molecule has 9 heteroatoms. The maximum atomic E-state index is 12.6. The second-order valence-corrected chi connectivity index (χ2v) is 7.77. The van der Waals surface area contributed by atoms with E-state index >= 15 is 0 Å². The fraction of sp³-hybridized carbons (Fsp3) is 0.348. The van der Waals surface area contributed by atoms with Crippen LogP contribution in [0.1, 0.15) is 25.8 Å². The SMILES string of the molecule is COc1ccc(/C=N\NC(=O)[C@H](CC(C)C)NC(=O)COc2ccc(Cl)cc2)c(OC)c1. The lowest BCUT2D eigenvalue weighted by molar-refractivity contribution is -0.130. The van der Waals surface area contributed by atoms with Gasteiger partial charge in [-0.15, -0.1) is 0 Å². The van der Waals surface area contributed by atoms with Gasteiger partial charge >= 0.3 is 0 Å². The lowest BCUT2D eigenvalue weighted by Crippen LogP contribution is -2.47. The summed E-state index contributed by atoms with van der Waals surface area (Å²) < 4.78 is 15.9. The van der Waals surface area contributed by atoms with Crippen molar-refractivity contribution in [3.8, 4) is 17.2 Å². The Bertz CT molecular complexity index is 932. The van der Waals surface area contributed by atoms with Crippen LogP contribution in [-0.4, -0.2) is 44.9 Å². The third-order valence-corrected chi connectivity index (χ3v) is 4.61. The molecule has 172 valence electrons. The summed E-state index contributed by atoms with van der Waals surface area (Å²) in [5, 5.41) is 7.27. The summed E-state index contributed by atoms with van der Waals surface area (Å²) in [6, 6.07) is 11.1. The van der Waals surface area contributed by atoms with Gasteiger partial charge in [0.25, 0.3) is 11.8 Å². The van der Waals surface area contributed by atoms with Crippen molar-refractivity contribution < 1.29 is 23.8 Å². The number of halogens is 1. The average Bonchev–Trinajstić information content (AvgIpc) is 2.78. The van der Waals surface area contributed by atoms with Gasteiger partial charge in [0.1, 0.15) is 23.3 Å². The number of nitrogens with one attached hydrogen (secondary N) is 2. The highest BCUT2D eigenvalue weighted by Gasteiger charge is 2.22. The van der Waals surface area contributed by atoms with Crippen molar-refractivity contribution in [1.29, 1.82) is 0 Å². The Labute approximate surface area is 192 Å². The van der Waals surface area contributed by atoms with Crippen molar-refractivity contribution in [3.63, 3.8) is 0 Å². The molecule has 2 amide bonds. The lowest BCUT2D eigenvalue weighted by atomic mass is 10.0. The first-order valence-electron chi connectivity index (χ1n) is 10.0. The summed E-state index contributed by atoms with van der Waals surface area (Å²) >= 11 is 5.83. The van der Waals surface area contributed by atoms with Crippen molar-refractivity contribution in [3.05, 3.63) is 53.1 Å². The molecule has 0 fully saturated rings. The zero-order valence-corrected chi connectivity index (χ0v) is 19.3. The van der Waals surface area contributed by atoms with Gasteiger partial charge in [-0.1, -0.05) is 25.4 Å². The highest BCUT2D eigenvalue weighted by Crippen LogP contribution is 2.23. The van der Waals surface area contributed by atoms with Gasteiger partial charge in [-0.25, -0.2) is 5.43 Å². The van der Waals surface area contributed by atoms with Gasteiger partial charge in [0.05, 0.1) is 20.4 Å². The number of hydrazone groups is 1. The van der Waals surface area contributed by atoms with Crippen molar-refractivity contribution in [1.82, 2.24) is 10.7 Å². The van der Waals surface area contributed by atoms with E-state index in [1.165, 1.54) is 13.3 Å². The van der Waals surface area contributed by atoms with Crippen molar-refractivity contribution in [2.75, 3.05) is 20.8 Å². The van der Waals surface area contributed by atoms with E-state index in [0.29, 0.717) is 34.3 Å². The van der Waals surface area contributed by atoms with Crippen molar-refractivity contribution >= 4 is 29.6 Å². The Morgan fingerprint density at radius 2 is 1.75 bits per heavy atom. The second kappa shape index (κ2) is 12.6. The summed E-state index contributed by atoms with van der Waals surface area (Å²) in [6.45, 7) is 3.69. The van der Waals surface area contributed by atoms with Gasteiger partial charge in [0, 0.05) is 16.7 Å². The summed E-state index contributed by atoms with van der Waals surface area (Å²) in [5.74, 6) is 1.03. The molecule has 0 aromatic heterocycles. The lowest BCUT2D eigenvalue weighted by Gasteiger charge is -2.19.